The number of hydrogen-bond acceptors (Lipinski definition) is 7. The number of nitrogens with zero attached hydrogens (tertiary/aromatic N) is 3. The Bertz CT molecular complexity index is 1140. The monoisotopic (exact) mass is 598 g/mol. The van der Waals surface area contributed by atoms with E-state index in [9.17, 15) is 22.8 Å². The minimum absolute atomic E-state index is 0.120. The first-order chi connectivity index (χ1) is 19.4. The fraction of sp³-hybridized carbons (Fsp3) is 0.519. The van der Waals surface area contributed by atoms with Crippen molar-refractivity contribution in [1.29, 1.82) is 0 Å². The topological polar surface area (TPSA) is 137 Å². The summed E-state index contributed by atoms with van der Waals surface area (Å²) in [5, 5.41) is 24.7. The van der Waals surface area contributed by atoms with E-state index in [1.54, 1.807) is 17.8 Å². The molecule has 3 amide bonds. The van der Waals surface area contributed by atoms with Gasteiger partial charge in [-0.25, -0.2) is 9.59 Å². The summed E-state index contributed by atoms with van der Waals surface area (Å²) in [7, 11) is 0. The van der Waals surface area contributed by atoms with E-state index in [1.807, 2.05) is 29.4 Å². The van der Waals surface area contributed by atoms with Crippen LogP contribution < -0.4 is 16.0 Å². The van der Waals surface area contributed by atoms with Gasteiger partial charge in [0, 0.05) is 32.2 Å². The number of aliphatic carboxylic acids is 1. The SMILES string of the molecule is CSCCCNC(=O)Nc1nnc(C(=O)N2CCN[C@@H](Cc3ccccc3)C2)cc1CC(C)C.O=C(O)C(F)(F)F. The van der Waals surface area contributed by atoms with E-state index >= 15 is 0 Å². The number of carboxylic acid groups (broad SMARTS) is 1. The fourth-order valence-corrected chi connectivity index (χ4v) is 4.45. The first kappa shape index (κ1) is 33.8. The first-order valence-electron chi connectivity index (χ1n) is 13.2. The number of thioether (sulfide) groups is 1. The number of carbonyl (C=O) groups is 3. The van der Waals surface area contributed by atoms with Crippen LogP contribution >= 0.6 is 11.8 Å². The van der Waals surface area contributed by atoms with Crippen LogP contribution in [0.3, 0.4) is 0 Å². The maximum Gasteiger partial charge on any atom is 0.490 e. The molecule has 226 valence electrons. The molecule has 0 saturated carbocycles. The normalized spacial score (nSPS) is 15.1. The molecule has 1 aromatic heterocycles. The van der Waals surface area contributed by atoms with Crippen molar-refractivity contribution in [3.8, 4) is 0 Å². The van der Waals surface area contributed by atoms with Gasteiger partial charge >= 0.3 is 18.2 Å². The molecule has 0 spiro atoms. The van der Waals surface area contributed by atoms with Crippen LogP contribution in [-0.4, -0.2) is 88.5 Å². The molecule has 0 radical (unpaired) electrons. The molecule has 2 heterocycles. The number of anilines is 1. The van der Waals surface area contributed by atoms with Crippen molar-refractivity contribution in [1.82, 2.24) is 25.7 Å². The molecular formula is C27H37F3N6O4S. The molecule has 1 fully saturated rings. The second-order valence-electron chi connectivity index (χ2n) is 9.82. The molecule has 41 heavy (non-hydrogen) atoms. The smallest absolute Gasteiger partial charge is 0.475 e. The Balaban J connectivity index is 0.000000745. The van der Waals surface area contributed by atoms with Gasteiger partial charge in [-0.3, -0.25) is 10.1 Å². The van der Waals surface area contributed by atoms with Crippen LogP contribution in [0.4, 0.5) is 23.8 Å². The molecule has 1 saturated heterocycles. The quantitative estimate of drug-likeness (QED) is 0.303. The Morgan fingerprint density at radius 3 is 2.49 bits per heavy atom. The molecule has 4 N–H and O–H groups in total. The summed E-state index contributed by atoms with van der Waals surface area (Å²) in [6.45, 7) is 6.78. The molecule has 1 aromatic carbocycles. The number of rotatable bonds is 10. The average Bonchev–Trinajstić information content (AvgIpc) is 2.92. The highest BCUT2D eigenvalue weighted by Gasteiger charge is 2.38. The number of urea groups is 1. The van der Waals surface area contributed by atoms with Crippen LogP contribution in [0, 0.1) is 5.92 Å². The summed E-state index contributed by atoms with van der Waals surface area (Å²) in [5.41, 5.74) is 2.39. The van der Waals surface area contributed by atoms with E-state index in [4.69, 9.17) is 9.90 Å². The van der Waals surface area contributed by atoms with Crippen LogP contribution in [0.2, 0.25) is 0 Å². The highest BCUT2D eigenvalue weighted by molar-refractivity contribution is 7.98. The molecule has 1 aliphatic heterocycles. The van der Waals surface area contributed by atoms with Crippen molar-refractivity contribution in [2.24, 2.45) is 5.92 Å². The van der Waals surface area contributed by atoms with Gasteiger partial charge in [0.15, 0.2) is 11.5 Å². The molecule has 10 nitrogen and oxygen atoms in total. The Morgan fingerprint density at radius 1 is 1.20 bits per heavy atom. The van der Waals surface area contributed by atoms with Gasteiger partial charge in [-0.15, -0.1) is 10.2 Å². The van der Waals surface area contributed by atoms with Gasteiger partial charge in [-0.2, -0.15) is 24.9 Å². The average molecular weight is 599 g/mol. The Labute approximate surface area is 241 Å². The van der Waals surface area contributed by atoms with E-state index in [2.05, 4.69) is 52.1 Å². The van der Waals surface area contributed by atoms with Crippen molar-refractivity contribution in [2.45, 2.75) is 45.3 Å². The standard InChI is InChI=1S/C25H36N6O2S.C2HF3O2/c1-18(2)14-20-16-22(29-30-23(20)28-25(33)27-10-7-13-34-3)24(32)31-12-11-26-21(17-31)15-19-8-5-4-6-9-19;3-2(4,5)1(6)7/h4-6,8-9,16,18,21,26H,7,10-15,17H2,1-3H3,(H2,27,28,30,33);(H,6,7)/t21-;/m0./s1. The van der Waals surface area contributed by atoms with Crippen LogP contribution in [0.5, 0.6) is 0 Å². The highest BCUT2D eigenvalue weighted by atomic mass is 32.2. The van der Waals surface area contributed by atoms with E-state index in [-0.39, 0.29) is 18.0 Å². The van der Waals surface area contributed by atoms with Crippen molar-refractivity contribution >= 4 is 35.5 Å². The zero-order valence-electron chi connectivity index (χ0n) is 23.3. The number of alkyl halides is 3. The second-order valence-corrected chi connectivity index (χ2v) is 10.8. The zero-order valence-corrected chi connectivity index (χ0v) is 24.1. The summed E-state index contributed by atoms with van der Waals surface area (Å²) >= 11 is 1.75. The van der Waals surface area contributed by atoms with E-state index in [1.165, 1.54) is 5.56 Å². The van der Waals surface area contributed by atoms with Gasteiger partial charge < -0.3 is 20.6 Å². The van der Waals surface area contributed by atoms with Crippen molar-refractivity contribution < 1.29 is 32.7 Å². The lowest BCUT2D eigenvalue weighted by atomic mass is 10.0. The molecule has 0 aliphatic carbocycles. The van der Waals surface area contributed by atoms with Crippen LogP contribution in [0.25, 0.3) is 0 Å². The Kier molecular flexibility index (Phi) is 13.8. The molecule has 14 heteroatoms. The number of amides is 3. The minimum atomic E-state index is -5.08. The molecule has 2 aromatic rings. The maximum absolute atomic E-state index is 13.3. The van der Waals surface area contributed by atoms with Crippen molar-refractivity contribution in [3.05, 3.63) is 53.2 Å². The molecule has 1 atom stereocenters. The van der Waals surface area contributed by atoms with E-state index in [0.29, 0.717) is 43.5 Å². The third-order valence-electron chi connectivity index (χ3n) is 5.87. The zero-order chi connectivity index (χ0) is 30.4. The number of nitrogens with one attached hydrogen (secondary N) is 3. The van der Waals surface area contributed by atoms with Crippen LogP contribution in [0.1, 0.15) is 41.9 Å². The number of carbonyl (C=O) groups excluding carboxylic acids is 2. The van der Waals surface area contributed by atoms with Gasteiger partial charge in [0.05, 0.1) is 0 Å². The van der Waals surface area contributed by atoms with Crippen LogP contribution in [0.15, 0.2) is 36.4 Å². The largest absolute Gasteiger partial charge is 0.490 e. The van der Waals surface area contributed by atoms with E-state index < -0.39 is 12.1 Å². The summed E-state index contributed by atoms with van der Waals surface area (Å²) in [4.78, 5) is 36.3. The third kappa shape index (κ3) is 12.3. The summed E-state index contributed by atoms with van der Waals surface area (Å²) in [6.07, 6.45) is -0.580. The summed E-state index contributed by atoms with van der Waals surface area (Å²) in [5.74, 6) is -1.13. The minimum Gasteiger partial charge on any atom is -0.475 e. The van der Waals surface area contributed by atoms with Gasteiger partial charge in [0.1, 0.15) is 0 Å². The van der Waals surface area contributed by atoms with Crippen molar-refractivity contribution in [2.75, 3.05) is 43.5 Å². The number of halogens is 3. The number of benzene rings is 1. The highest BCUT2D eigenvalue weighted by Crippen LogP contribution is 2.19. The predicted molar refractivity (Wildman–Crippen MR) is 152 cm³/mol. The van der Waals surface area contributed by atoms with Gasteiger partial charge in [-0.1, -0.05) is 44.2 Å². The number of aromatic nitrogens is 2. The molecule has 0 unspecified atom stereocenters. The second kappa shape index (κ2) is 16.8. The maximum atomic E-state index is 13.3. The Morgan fingerprint density at radius 2 is 1.88 bits per heavy atom. The van der Waals surface area contributed by atoms with Gasteiger partial charge in [0.2, 0.25) is 0 Å². The number of hydrogen-bond donors (Lipinski definition) is 4. The van der Waals surface area contributed by atoms with Gasteiger partial charge in [0.25, 0.3) is 5.91 Å². The summed E-state index contributed by atoms with van der Waals surface area (Å²) < 4.78 is 31.7. The third-order valence-corrected chi connectivity index (χ3v) is 6.57. The lowest BCUT2D eigenvalue weighted by molar-refractivity contribution is -0.192. The first-order valence-corrected chi connectivity index (χ1v) is 14.6. The number of piperazine rings is 1. The number of carboxylic acids is 1. The predicted octanol–water partition coefficient (Wildman–Crippen LogP) is 3.84. The van der Waals surface area contributed by atoms with Crippen LogP contribution in [-0.2, 0) is 17.6 Å². The molecule has 0 bridgehead atoms. The van der Waals surface area contributed by atoms with E-state index in [0.717, 1.165) is 30.7 Å². The van der Waals surface area contributed by atoms with Gasteiger partial charge in [-0.05, 0) is 54.4 Å². The lowest BCUT2D eigenvalue weighted by Gasteiger charge is -2.33. The van der Waals surface area contributed by atoms with Crippen molar-refractivity contribution in [3.63, 3.8) is 0 Å². The lowest BCUT2D eigenvalue weighted by Crippen LogP contribution is -2.53. The molecule has 1 aliphatic rings. The Hall–Kier alpha value is -3.39. The molecule has 3 rings (SSSR count). The molecular weight excluding hydrogens is 561 g/mol. The summed E-state index contributed by atoms with van der Waals surface area (Å²) in [6, 6.07) is 12.0. The fourth-order valence-electron chi connectivity index (χ4n) is 4.01.